The first kappa shape index (κ1) is 22.0. The Labute approximate surface area is 182 Å². The number of carbonyl (C=O) groups is 2. The van der Waals surface area contributed by atoms with Crippen LogP contribution in [0.3, 0.4) is 0 Å². The van der Waals surface area contributed by atoms with Gasteiger partial charge < -0.3 is 10.6 Å². The number of aromatic nitrogens is 2. The molecule has 0 aliphatic heterocycles. The smallest absolute Gasteiger partial charge is 0.248 e. The Kier molecular flexibility index (Phi) is 7.32. The highest BCUT2D eigenvalue weighted by Crippen LogP contribution is 2.39. The summed E-state index contributed by atoms with van der Waals surface area (Å²) in [6.45, 7) is 7.13. The highest BCUT2D eigenvalue weighted by molar-refractivity contribution is 6.07. The quantitative estimate of drug-likeness (QED) is 0.340. The van der Waals surface area contributed by atoms with E-state index in [1.807, 2.05) is 50.3 Å². The van der Waals surface area contributed by atoms with Gasteiger partial charge >= 0.3 is 0 Å². The third-order valence-corrected chi connectivity index (χ3v) is 4.91. The van der Waals surface area contributed by atoms with Crippen molar-refractivity contribution in [2.45, 2.75) is 38.5 Å². The molecule has 31 heavy (non-hydrogen) atoms. The fourth-order valence-corrected chi connectivity index (χ4v) is 2.98. The number of amides is 2. The van der Waals surface area contributed by atoms with Crippen LogP contribution < -0.4 is 10.6 Å². The van der Waals surface area contributed by atoms with Gasteiger partial charge in [0.15, 0.2) is 5.82 Å². The third-order valence-electron chi connectivity index (χ3n) is 4.91. The number of H-pyrrole nitrogens is 1. The maximum atomic E-state index is 12.7. The monoisotopic (exact) mass is 417 g/mol. The highest BCUT2D eigenvalue weighted by Gasteiger charge is 2.26. The SMILES string of the molecule is C=CC(=O)NC(/C=C\C)=N/C=C/c1cccc(C(C)C(=O)Nc2cc(C3CC3)[nH]n2)c1. The van der Waals surface area contributed by atoms with E-state index in [1.165, 1.54) is 18.9 Å². The summed E-state index contributed by atoms with van der Waals surface area (Å²) in [5, 5.41) is 12.7. The molecule has 1 aliphatic rings. The molecule has 1 aromatic carbocycles. The molecule has 7 nitrogen and oxygen atoms in total. The molecule has 1 aromatic heterocycles. The second kappa shape index (κ2) is 10.3. The van der Waals surface area contributed by atoms with Crippen LogP contribution in [-0.4, -0.2) is 27.8 Å². The summed E-state index contributed by atoms with van der Waals surface area (Å²) >= 11 is 0. The predicted molar refractivity (Wildman–Crippen MR) is 124 cm³/mol. The van der Waals surface area contributed by atoms with Crippen LogP contribution >= 0.6 is 0 Å². The Morgan fingerprint density at radius 2 is 2.13 bits per heavy atom. The van der Waals surface area contributed by atoms with Gasteiger partial charge in [0.2, 0.25) is 11.8 Å². The van der Waals surface area contributed by atoms with Gasteiger partial charge in [0.05, 0.1) is 5.92 Å². The molecular formula is C24H27N5O2. The number of nitrogens with one attached hydrogen (secondary N) is 3. The third kappa shape index (κ3) is 6.37. The maximum Gasteiger partial charge on any atom is 0.248 e. The van der Waals surface area contributed by atoms with Gasteiger partial charge in [0.25, 0.3) is 0 Å². The van der Waals surface area contributed by atoms with Crippen LogP contribution in [-0.2, 0) is 9.59 Å². The van der Waals surface area contributed by atoms with Gasteiger partial charge in [0, 0.05) is 23.9 Å². The summed E-state index contributed by atoms with van der Waals surface area (Å²) in [6, 6.07) is 9.59. The minimum Gasteiger partial charge on any atom is -0.309 e. The van der Waals surface area contributed by atoms with E-state index in [2.05, 4.69) is 32.4 Å². The van der Waals surface area contributed by atoms with E-state index in [0.29, 0.717) is 17.6 Å². The molecule has 2 aromatic rings. The number of aliphatic imine (C=N–C) groups is 1. The van der Waals surface area contributed by atoms with Crippen molar-refractivity contribution in [1.29, 1.82) is 0 Å². The molecule has 1 fully saturated rings. The second-order valence-corrected chi connectivity index (χ2v) is 7.39. The average Bonchev–Trinajstić information content (AvgIpc) is 3.52. The van der Waals surface area contributed by atoms with Crippen LogP contribution in [0, 0.1) is 0 Å². The number of anilines is 1. The summed E-state index contributed by atoms with van der Waals surface area (Å²) in [5.74, 6) is 0.742. The molecule has 1 atom stereocenters. The van der Waals surface area contributed by atoms with Crippen molar-refractivity contribution in [2.24, 2.45) is 4.99 Å². The molecule has 3 rings (SSSR count). The molecular weight excluding hydrogens is 390 g/mol. The second-order valence-electron chi connectivity index (χ2n) is 7.39. The van der Waals surface area contributed by atoms with E-state index in [9.17, 15) is 9.59 Å². The van der Waals surface area contributed by atoms with Gasteiger partial charge in [-0.05, 0) is 56.0 Å². The lowest BCUT2D eigenvalue weighted by molar-refractivity contribution is -0.117. The Morgan fingerprint density at radius 1 is 1.32 bits per heavy atom. The summed E-state index contributed by atoms with van der Waals surface area (Å²) in [4.78, 5) is 28.4. The predicted octanol–water partition coefficient (Wildman–Crippen LogP) is 4.28. The van der Waals surface area contributed by atoms with Crippen LogP contribution in [0.15, 0.2) is 66.3 Å². The molecule has 3 N–H and O–H groups in total. The molecule has 1 aliphatic carbocycles. The van der Waals surface area contributed by atoms with E-state index in [-0.39, 0.29) is 17.7 Å². The summed E-state index contributed by atoms with van der Waals surface area (Å²) in [5.41, 5.74) is 2.86. The topological polar surface area (TPSA) is 99.2 Å². The number of rotatable bonds is 8. The molecule has 1 heterocycles. The van der Waals surface area contributed by atoms with Gasteiger partial charge in [-0.2, -0.15) is 5.10 Å². The van der Waals surface area contributed by atoms with Gasteiger partial charge in [-0.15, -0.1) is 0 Å². The number of carbonyl (C=O) groups excluding carboxylic acids is 2. The Bertz CT molecular complexity index is 1040. The van der Waals surface area contributed by atoms with E-state index in [4.69, 9.17) is 0 Å². The fourth-order valence-electron chi connectivity index (χ4n) is 2.98. The lowest BCUT2D eigenvalue weighted by Gasteiger charge is -2.11. The highest BCUT2D eigenvalue weighted by atomic mass is 16.2. The van der Waals surface area contributed by atoms with E-state index >= 15 is 0 Å². The van der Waals surface area contributed by atoms with Gasteiger partial charge in [-0.25, -0.2) is 4.99 Å². The largest absolute Gasteiger partial charge is 0.309 e. The summed E-state index contributed by atoms with van der Waals surface area (Å²) in [7, 11) is 0. The number of hydrogen-bond acceptors (Lipinski definition) is 4. The fraction of sp³-hybridized carbons (Fsp3) is 0.250. The minimum atomic E-state index is -0.344. The normalized spacial score (nSPS) is 15.2. The van der Waals surface area contributed by atoms with Crippen molar-refractivity contribution in [1.82, 2.24) is 15.5 Å². The number of benzene rings is 1. The molecule has 1 saturated carbocycles. The number of hydrogen-bond donors (Lipinski definition) is 3. The standard InChI is InChI=1S/C24H27N5O2/c1-4-7-21(26-23(30)5-2)25-13-12-17-8-6-9-19(14-17)16(3)24(31)27-22-15-20(28-29-22)18-10-11-18/h4-9,12-16,18H,2,10-11H2,1,3H3,(H,25,26,30)(H2,27,28,29,31)/b7-4-,13-12+. The zero-order valence-electron chi connectivity index (χ0n) is 17.8. The number of aromatic amines is 1. The average molecular weight is 418 g/mol. The maximum absolute atomic E-state index is 12.7. The van der Waals surface area contributed by atoms with Crippen LogP contribution in [0.4, 0.5) is 5.82 Å². The van der Waals surface area contributed by atoms with Gasteiger partial charge in [-0.3, -0.25) is 14.7 Å². The zero-order chi connectivity index (χ0) is 22.2. The Morgan fingerprint density at radius 3 is 2.84 bits per heavy atom. The lowest BCUT2D eigenvalue weighted by atomic mass is 9.98. The Balaban J connectivity index is 1.65. The minimum absolute atomic E-state index is 0.115. The van der Waals surface area contributed by atoms with Gasteiger partial charge in [0.1, 0.15) is 5.84 Å². The van der Waals surface area contributed by atoms with Crippen molar-refractivity contribution < 1.29 is 9.59 Å². The zero-order valence-corrected chi connectivity index (χ0v) is 17.8. The van der Waals surface area contributed by atoms with Gasteiger partial charge in [-0.1, -0.05) is 36.9 Å². The summed E-state index contributed by atoms with van der Waals surface area (Å²) < 4.78 is 0. The summed E-state index contributed by atoms with van der Waals surface area (Å²) in [6.07, 6.45) is 10.4. The first-order chi connectivity index (χ1) is 15.0. The number of allylic oxidation sites excluding steroid dienone is 1. The first-order valence-corrected chi connectivity index (χ1v) is 10.3. The molecule has 0 spiro atoms. The van der Waals surface area contributed by atoms with Crippen molar-refractivity contribution in [3.63, 3.8) is 0 Å². The molecule has 0 bridgehead atoms. The van der Waals surface area contributed by atoms with E-state index < -0.39 is 0 Å². The van der Waals surface area contributed by atoms with Crippen molar-refractivity contribution in [3.8, 4) is 0 Å². The number of nitrogens with zero attached hydrogens (tertiary/aromatic N) is 2. The van der Waals surface area contributed by atoms with Crippen LogP contribution in [0.2, 0.25) is 0 Å². The van der Waals surface area contributed by atoms with Crippen LogP contribution in [0.1, 0.15) is 55.3 Å². The van der Waals surface area contributed by atoms with Crippen molar-refractivity contribution >= 4 is 29.5 Å². The van der Waals surface area contributed by atoms with E-state index in [1.54, 1.807) is 18.4 Å². The van der Waals surface area contributed by atoms with Crippen LogP contribution in [0.5, 0.6) is 0 Å². The van der Waals surface area contributed by atoms with Crippen molar-refractivity contribution in [2.75, 3.05) is 5.32 Å². The molecule has 7 heteroatoms. The van der Waals surface area contributed by atoms with Crippen LogP contribution in [0.25, 0.3) is 6.08 Å². The molecule has 1 unspecified atom stereocenters. The molecule has 160 valence electrons. The number of amidine groups is 1. The molecule has 0 radical (unpaired) electrons. The lowest BCUT2D eigenvalue weighted by Crippen LogP contribution is -2.26. The first-order valence-electron chi connectivity index (χ1n) is 10.3. The Hall–Kier alpha value is -3.74. The molecule has 2 amide bonds. The van der Waals surface area contributed by atoms with E-state index in [0.717, 1.165) is 16.8 Å². The van der Waals surface area contributed by atoms with Crippen molar-refractivity contribution in [3.05, 3.63) is 78.2 Å². The molecule has 0 saturated heterocycles.